The van der Waals surface area contributed by atoms with Crippen LogP contribution in [0.4, 0.5) is 0 Å². The lowest BCUT2D eigenvalue weighted by Crippen LogP contribution is -2.29. The first-order chi connectivity index (χ1) is 11.5. The summed E-state index contributed by atoms with van der Waals surface area (Å²) in [7, 11) is 0.961. The van der Waals surface area contributed by atoms with Crippen molar-refractivity contribution in [1.82, 2.24) is 4.90 Å². The molecule has 0 saturated carbocycles. The van der Waals surface area contributed by atoms with Gasteiger partial charge in [0.15, 0.2) is 0 Å². The second kappa shape index (κ2) is 15.1. The van der Waals surface area contributed by atoms with Crippen LogP contribution in [0.3, 0.4) is 0 Å². The van der Waals surface area contributed by atoms with Gasteiger partial charge in [0, 0.05) is 12.6 Å². The fourth-order valence-corrected chi connectivity index (χ4v) is 2.34. The molecule has 7 heteroatoms. The van der Waals surface area contributed by atoms with Gasteiger partial charge in [0.25, 0.3) is 0 Å². The molecule has 0 radical (unpaired) electrons. The van der Waals surface area contributed by atoms with Crippen molar-refractivity contribution in [3.63, 3.8) is 0 Å². The third-order valence-corrected chi connectivity index (χ3v) is 3.79. The number of unbranched alkanes of at least 4 members (excludes halogenated alkanes) is 1. The van der Waals surface area contributed by atoms with Crippen molar-refractivity contribution in [3.8, 4) is 0 Å². The van der Waals surface area contributed by atoms with Crippen molar-refractivity contribution in [1.29, 1.82) is 0 Å². The summed E-state index contributed by atoms with van der Waals surface area (Å²) < 4.78 is 0. The molecule has 0 unspecified atom stereocenters. The Morgan fingerprint density at radius 3 is 2.33 bits per heavy atom. The van der Waals surface area contributed by atoms with E-state index in [1.54, 1.807) is 0 Å². The quantitative estimate of drug-likeness (QED) is 0.410. The van der Waals surface area contributed by atoms with Gasteiger partial charge in [-0.05, 0) is 44.7 Å². The molecule has 0 amide bonds. The van der Waals surface area contributed by atoms with Crippen LogP contribution in [0.5, 0.6) is 0 Å². The van der Waals surface area contributed by atoms with Crippen molar-refractivity contribution in [2.75, 3.05) is 20.1 Å². The number of likely N-dealkylation sites (N-methyl/N-ethyl adjacent to an activating group) is 1. The van der Waals surface area contributed by atoms with E-state index >= 15 is 0 Å². The average molecular weight is 336 g/mol. The van der Waals surface area contributed by atoms with Gasteiger partial charge < -0.3 is 20.7 Å². The van der Waals surface area contributed by atoms with E-state index in [1.807, 2.05) is 6.07 Å². The van der Waals surface area contributed by atoms with Gasteiger partial charge in [-0.15, -0.1) is 0 Å². The van der Waals surface area contributed by atoms with Crippen molar-refractivity contribution in [2.45, 2.75) is 44.5 Å². The van der Waals surface area contributed by atoms with Crippen molar-refractivity contribution < 1.29 is 19.6 Å². The van der Waals surface area contributed by atoms with Crippen molar-refractivity contribution in [3.05, 3.63) is 35.9 Å². The number of nitrogens with two attached hydrogens (primary N) is 1. The van der Waals surface area contributed by atoms with Crippen LogP contribution in [0.15, 0.2) is 30.3 Å². The normalized spacial score (nSPS) is 11.4. The zero-order valence-corrected chi connectivity index (χ0v) is 14.4. The Labute approximate surface area is 144 Å². The van der Waals surface area contributed by atoms with E-state index in [1.165, 1.54) is 5.56 Å². The summed E-state index contributed by atoms with van der Waals surface area (Å²) in [6.45, 7) is 2.06. The molecule has 1 atom stereocenters. The van der Waals surface area contributed by atoms with E-state index < -0.39 is 7.12 Å². The summed E-state index contributed by atoms with van der Waals surface area (Å²) in [5.41, 5.74) is 7.47. The fourth-order valence-electron chi connectivity index (χ4n) is 2.34. The lowest BCUT2D eigenvalue weighted by atomic mass is 9.83. The molecule has 1 aromatic carbocycles. The van der Waals surface area contributed by atoms with Gasteiger partial charge in [-0.2, -0.15) is 9.59 Å². The van der Waals surface area contributed by atoms with E-state index in [0.29, 0.717) is 6.32 Å². The van der Waals surface area contributed by atoms with Gasteiger partial charge in [0.05, 0.1) is 0 Å². The third kappa shape index (κ3) is 14.1. The Balaban J connectivity index is 0.00000163. The molecule has 0 spiro atoms. The van der Waals surface area contributed by atoms with Crippen LogP contribution in [0, 0.1) is 0 Å². The molecule has 24 heavy (non-hydrogen) atoms. The van der Waals surface area contributed by atoms with E-state index in [0.717, 1.165) is 45.2 Å². The SMILES string of the molecule is CN(CCc1ccccc1)CC[C@H](N)CCCCB(O)O.O=C=O. The smallest absolute Gasteiger partial charge is 0.427 e. The van der Waals surface area contributed by atoms with Gasteiger partial charge in [-0.1, -0.05) is 43.2 Å². The predicted molar refractivity (Wildman–Crippen MR) is 94.1 cm³/mol. The largest absolute Gasteiger partial charge is 0.451 e. The first-order valence-corrected chi connectivity index (χ1v) is 8.33. The summed E-state index contributed by atoms with van der Waals surface area (Å²) in [4.78, 5) is 18.6. The standard InChI is InChI=1S/C16H29BN2O2.CO2/c1-19(13-10-15-7-3-2-4-8-15)14-11-16(18)9-5-6-12-17(20)21;2-1-3/h2-4,7-8,16,20-21H,5-6,9-14,18H2,1H3;/t16-;/m1./s1. The highest BCUT2D eigenvalue weighted by Crippen LogP contribution is 2.07. The molecule has 1 aromatic rings. The number of benzene rings is 1. The van der Waals surface area contributed by atoms with E-state index in [-0.39, 0.29) is 12.2 Å². The molecule has 6 nitrogen and oxygen atoms in total. The minimum atomic E-state index is -1.18. The summed E-state index contributed by atoms with van der Waals surface area (Å²) in [6, 6.07) is 10.7. The number of hydrogen-bond acceptors (Lipinski definition) is 6. The Morgan fingerprint density at radius 1 is 1.12 bits per heavy atom. The number of hydrogen-bond donors (Lipinski definition) is 3. The lowest BCUT2D eigenvalue weighted by molar-refractivity contribution is -0.191. The lowest BCUT2D eigenvalue weighted by Gasteiger charge is -2.19. The Bertz CT molecular complexity index is 439. The monoisotopic (exact) mass is 336 g/mol. The highest BCUT2D eigenvalue weighted by Gasteiger charge is 2.08. The minimum Gasteiger partial charge on any atom is -0.427 e. The van der Waals surface area contributed by atoms with Crippen LogP contribution in [0.25, 0.3) is 0 Å². The highest BCUT2D eigenvalue weighted by molar-refractivity contribution is 6.40. The number of nitrogens with zero attached hydrogens (tertiary/aromatic N) is 1. The molecular weight excluding hydrogens is 307 g/mol. The molecular formula is C17H29BN2O4. The summed E-state index contributed by atoms with van der Waals surface area (Å²) in [6.07, 6.45) is 5.51. The molecule has 0 fully saturated rings. The van der Waals surface area contributed by atoms with E-state index in [9.17, 15) is 0 Å². The molecule has 0 aliphatic heterocycles. The Hall–Kier alpha value is -1.50. The first-order valence-electron chi connectivity index (χ1n) is 8.33. The van der Waals surface area contributed by atoms with Crippen LogP contribution < -0.4 is 5.73 Å². The van der Waals surface area contributed by atoms with Gasteiger partial charge >= 0.3 is 13.3 Å². The van der Waals surface area contributed by atoms with Crippen LogP contribution in [0.2, 0.25) is 6.32 Å². The maximum Gasteiger partial charge on any atom is 0.451 e. The number of carbonyl (C=O) groups excluding carboxylic acids is 2. The molecule has 0 aliphatic rings. The first kappa shape index (κ1) is 22.5. The zero-order chi connectivity index (χ0) is 18.2. The maximum absolute atomic E-state index is 8.76. The van der Waals surface area contributed by atoms with Gasteiger partial charge in [0.2, 0.25) is 0 Å². The molecule has 0 heterocycles. The zero-order valence-electron chi connectivity index (χ0n) is 14.4. The predicted octanol–water partition coefficient (Wildman–Crippen LogP) is 0.938. The van der Waals surface area contributed by atoms with E-state index in [2.05, 4.69) is 36.2 Å². The molecule has 0 aromatic heterocycles. The van der Waals surface area contributed by atoms with Crippen LogP contribution >= 0.6 is 0 Å². The van der Waals surface area contributed by atoms with Crippen molar-refractivity contribution >= 4 is 13.3 Å². The molecule has 4 N–H and O–H groups in total. The molecule has 1 rings (SSSR count). The van der Waals surface area contributed by atoms with Crippen LogP contribution in [-0.2, 0) is 16.0 Å². The number of rotatable bonds is 11. The van der Waals surface area contributed by atoms with Gasteiger partial charge in [-0.25, -0.2) is 0 Å². The average Bonchev–Trinajstić information content (AvgIpc) is 2.56. The van der Waals surface area contributed by atoms with Gasteiger partial charge in [0.1, 0.15) is 0 Å². The topological polar surface area (TPSA) is 104 Å². The van der Waals surface area contributed by atoms with Crippen LogP contribution in [0.1, 0.15) is 31.2 Å². The molecule has 0 saturated heterocycles. The second-order valence-electron chi connectivity index (χ2n) is 5.94. The van der Waals surface area contributed by atoms with Gasteiger partial charge in [-0.3, -0.25) is 0 Å². The minimum absolute atomic E-state index is 0.208. The summed E-state index contributed by atoms with van der Waals surface area (Å²) >= 11 is 0. The Morgan fingerprint density at radius 2 is 1.75 bits per heavy atom. The molecule has 0 aliphatic carbocycles. The molecule has 0 bridgehead atoms. The molecule has 134 valence electrons. The second-order valence-corrected chi connectivity index (χ2v) is 5.94. The fraction of sp³-hybridized carbons (Fsp3) is 0.588. The summed E-state index contributed by atoms with van der Waals surface area (Å²) in [5, 5.41) is 17.5. The summed E-state index contributed by atoms with van der Waals surface area (Å²) in [5.74, 6) is 0. The Kier molecular flexibility index (Phi) is 14.1. The maximum atomic E-state index is 8.76. The highest BCUT2D eigenvalue weighted by atomic mass is 16.4. The van der Waals surface area contributed by atoms with Crippen LogP contribution in [-0.4, -0.2) is 54.4 Å². The van der Waals surface area contributed by atoms with E-state index in [4.69, 9.17) is 25.4 Å². The van der Waals surface area contributed by atoms with Crippen molar-refractivity contribution in [2.24, 2.45) is 5.73 Å². The third-order valence-electron chi connectivity index (χ3n) is 3.79.